The first-order valence-corrected chi connectivity index (χ1v) is 19.5. The van der Waals surface area contributed by atoms with Gasteiger partial charge in [-0.2, -0.15) is 16.9 Å². The number of amides is 1. The van der Waals surface area contributed by atoms with Gasteiger partial charge in [-0.25, -0.2) is 19.6 Å². The molecule has 0 bridgehead atoms. The van der Waals surface area contributed by atoms with Gasteiger partial charge in [0.15, 0.2) is 5.69 Å². The number of hydrogen-bond donors (Lipinski definition) is 1. The lowest BCUT2D eigenvalue weighted by Crippen LogP contribution is -2.34. The molecule has 0 fully saturated rings. The topological polar surface area (TPSA) is 132 Å². The van der Waals surface area contributed by atoms with Crippen molar-refractivity contribution in [3.05, 3.63) is 83.9 Å². The number of alkyl carbamates (subject to hydrolysis) is 1. The summed E-state index contributed by atoms with van der Waals surface area (Å²) in [6, 6.07) is 17.9. The monoisotopic (exact) mass is 756 g/mol. The van der Waals surface area contributed by atoms with E-state index in [9.17, 15) is 9.59 Å². The molecule has 0 saturated heterocycles. The Hall–Kier alpha value is -4.88. The molecule has 0 unspecified atom stereocenters. The Kier molecular flexibility index (Phi) is 13.8. The Morgan fingerprint density at radius 3 is 2.35 bits per heavy atom. The molecule has 0 aliphatic rings. The van der Waals surface area contributed by atoms with Gasteiger partial charge in [-0.3, -0.25) is 4.68 Å². The largest absolute Gasteiger partial charge is 0.489 e. The van der Waals surface area contributed by atoms with Crippen LogP contribution in [0.5, 0.6) is 5.75 Å². The van der Waals surface area contributed by atoms with Gasteiger partial charge in [-0.05, 0) is 73.8 Å². The van der Waals surface area contributed by atoms with Crippen LogP contribution in [0.4, 0.5) is 4.79 Å². The zero-order chi connectivity index (χ0) is 38.8. The van der Waals surface area contributed by atoms with E-state index in [-0.39, 0.29) is 25.4 Å². The number of aromatic nitrogens is 5. The summed E-state index contributed by atoms with van der Waals surface area (Å²) in [5, 5.41) is 9.02. The Morgan fingerprint density at radius 2 is 1.69 bits per heavy atom. The van der Waals surface area contributed by atoms with Gasteiger partial charge in [-0.15, -0.1) is 0 Å². The van der Waals surface area contributed by atoms with Crippen molar-refractivity contribution in [1.82, 2.24) is 29.6 Å². The van der Waals surface area contributed by atoms with E-state index in [1.165, 1.54) is 11.9 Å². The maximum atomic E-state index is 13.8. The predicted molar refractivity (Wildman–Crippen MR) is 213 cm³/mol. The minimum absolute atomic E-state index is 0.148. The molecule has 13 heteroatoms. The van der Waals surface area contributed by atoms with E-state index >= 15 is 0 Å². The second-order valence-corrected chi connectivity index (χ2v) is 16.0. The minimum Gasteiger partial charge on any atom is -0.489 e. The van der Waals surface area contributed by atoms with Crippen LogP contribution in [-0.4, -0.2) is 72.7 Å². The fourth-order valence-electron chi connectivity index (χ4n) is 5.73. The molecule has 1 N–H and O–H groups in total. The van der Waals surface area contributed by atoms with Gasteiger partial charge in [0.05, 0.1) is 19.8 Å². The van der Waals surface area contributed by atoms with Crippen LogP contribution in [0, 0.1) is 0 Å². The van der Waals surface area contributed by atoms with Crippen molar-refractivity contribution in [2.45, 2.75) is 92.0 Å². The molecular formula is C41H52N6O6S. The molecule has 0 spiro atoms. The minimum atomic E-state index is -0.659. The molecule has 0 saturated carbocycles. The molecule has 5 rings (SSSR count). The SMILES string of the molecule is CCOC(=O)c1c(-c2ccc(OCc3ccc(C(C)C)cc3)cc2)c(-c2ncnc3c2ccn3COCCSC(C)C)nn1CCNC(=O)OC(C)(C)C. The third-order valence-corrected chi connectivity index (χ3v) is 9.37. The van der Waals surface area contributed by atoms with Crippen LogP contribution in [-0.2, 0) is 34.1 Å². The Morgan fingerprint density at radius 1 is 0.944 bits per heavy atom. The molecule has 12 nitrogen and oxygen atoms in total. The highest BCUT2D eigenvalue weighted by Gasteiger charge is 2.29. The van der Waals surface area contributed by atoms with Gasteiger partial charge in [0, 0.05) is 29.4 Å². The van der Waals surface area contributed by atoms with E-state index in [0.717, 1.165) is 16.7 Å². The molecule has 2 aromatic carbocycles. The van der Waals surface area contributed by atoms with E-state index in [1.807, 2.05) is 52.9 Å². The third kappa shape index (κ3) is 10.6. The van der Waals surface area contributed by atoms with Crippen molar-refractivity contribution in [1.29, 1.82) is 0 Å². The van der Waals surface area contributed by atoms with Crippen molar-refractivity contribution in [2.24, 2.45) is 0 Å². The summed E-state index contributed by atoms with van der Waals surface area (Å²) in [6.45, 7) is 17.6. The van der Waals surface area contributed by atoms with Crippen LogP contribution >= 0.6 is 11.8 Å². The van der Waals surface area contributed by atoms with Gasteiger partial charge < -0.3 is 28.8 Å². The second kappa shape index (κ2) is 18.4. The summed E-state index contributed by atoms with van der Waals surface area (Å²) in [5.41, 5.74) is 4.85. The molecule has 5 aromatic rings. The predicted octanol–water partition coefficient (Wildman–Crippen LogP) is 8.48. The van der Waals surface area contributed by atoms with Gasteiger partial charge in [0.1, 0.15) is 48.1 Å². The van der Waals surface area contributed by atoms with Gasteiger partial charge in [-0.1, -0.05) is 64.1 Å². The lowest BCUT2D eigenvalue weighted by Gasteiger charge is -2.19. The molecule has 3 aromatic heterocycles. The van der Waals surface area contributed by atoms with Gasteiger partial charge >= 0.3 is 12.1 Å². The Labute approximate surface area is 321 Å². The molecule has 0 atom stereocenters. The summed E-state index contributed by atoms with van der Waals surface area (Å²) in [6.07, 6.45) is 2.84. The fraction of sp³-hybridized carbons (Fsp3) is 0.439. The number of thioether (sulfide) groups is 1. The third-order valence-electron chi connectivity index (χ3n) is 8.30. The Bertz CT molecular complexity index is 2000. The van der Waals surface area contributed by atoms with Gasteiger partial charge in [0.2, 0.25) is 0 Å². The number of ether oxygens (including phenoxy) is 4. The summed E-state index contributed by atoms with van der Waals surface area (Å²) in [7, 11) is 0. The van der Waals surface area contributed by atoms with E-state index in [0.29, 0.717) is 65.0 Å². The number of esters is 1. The number of nitrogens with zero attached hydrogens (tertiary/aromatic N) is 5. The number of nitrogens with one attached hydrogen (secondary N) is 1. The normalized spacial score (nSPS) is 11.7. The number of benzene rings is 2. The molecule has 54 heavy (non-hydrogen) atoms. The van der Waals surface area contributed by atoms with E-state index in [1.54, 1.807) is 32.4 Å². The number of fused-ring (bicyclic) bond motifs is 1. The first-order chi connectivity index (χ1) is 25.8. The highest BCUT2D eigenvalue weighted by atomic mass is 32.2. The van der Waals surface area contributed by atoms with Crippen molar-refractivity contribution in [3.8, 4) is 28.3 Å². The highest BCUT2D eigenvalue weighted by molar-refractivity contribution is 7.99. The van der Waals surface area contributed by atoms with E-state index in [2.05, 4.69) is 62.3 Å². The van der Waals surface area contributed by atoms with Gasteiger partial charge in [0.25, 0.3) is 0 Å². The smallest absolute Gasteiger partial charge is 0.407 e. The van der Waals surface area contributed by atoms with Crippen molar-refractivity contribution in [2.75, 3.05) is 25.5 Å². The first kappa shape index (κ1) is 40.3. The lowest BCUT2D eigenvalue weighted by atomic mass is 10.00. The summed E-state index contributed by atoms with van der Waals surface area (Å²) >= 11 is 1.85. The summed E-state index contributed by atoms with van der Waals surface area (Å²) in [4.78, 5) is 35.6. The average molecular weight is 757 g/mol. The van der Waals surface area contributed by atoms with Crippen LogP contribution < -0.4 is 10.1 Å². The zero-order valence-corrected chi connectivity index (χ0v) is 33.4. The van der Waals surface area contributed by atoms with E-state index < -0.39 is 17.7 Å². The van der Waals surface area contributed by atoms with E-state index in [4.69, 9.17) is 29.0 Å². The van der Waals surface area contributed by atoms with Crippen LogP contribution in [0.3, 0.4) is 0 Å². The van der Waals surface area contributed by atoms with Crippen LogP contribution in [0.25, 0.3) is 33.5 Å². The fourth-order valence-corrected chi connectivity index (χ4v) is 6.42. The number of rotatable bonds is 17. The summed E-state index contributed by atoms with van der Waals surface area (Å²) < 4.78 is 26.6. The molecule has 0 radical (unpaired) electrons. The van der Waals surface area contributed by atoms with Crippen molar-refractivity contribution in [3.63, 3.8) is 0 Å². The standard InChI is InChI=1S/C41H52N6O6S/c1-9-51-39(48)37-34(31-14-16-32(17-15-31)52-24-29-10-12-30(13-11-29)27(2)3)36(45-47(37)21-19-42-40(49)53-41(6,7)8)35-33-18-20-46(38(33)44-25-43-35)26-50-22-23-54-28(4)5/h10-18,20,25,27-28H,9,19,21-24,26H2,1-8H3,(H,42,49). The van der Waals surface area contributed by atoms with Crippen molar-refractivity contribution >= 4 is 34.9 Å². The number of hydrogen-bond acceptors (Lipinski definition) is 10. The average Bonchev–Trinajstić information content (AvgIpc) is 3.72. The first-order valence-electron chi connectivity index (χ1n) is 18.4. The van der Waals surface area contributed by atoms with Crippen molar-refractivity contribution < 1.29 is 28.5 Å². The quantitative estimate of drug-likeness (QED) is 0.0728. The summed E-state index contributed by atoms with van der Waals surface area (Å²) in [5.74, 6) is 1.47. The Balaban J connectivity index is 1.51. The molecule has 1 amide bonds. The van der Waals surface area contributed by atoms with Crippen LogP contribution in [0.2, 0.25) is 0 Å². The molecule has 288 valence electrons. The highest BCUT2D eigenvalue weighted by Crippen LogP contribution is 2.38. The second-order valence-electron chi connectivity index (χ2n) is 14.4. The molecule has 0 aliphatic carbocycles. The maximum absolute atomic E-state index is 13.8. The van der Waals surface area contributed by atoms with Crippen LogP contribution in [0.1, 0.15) is 82.9 Å². The molecular weight excluding hydrogens is 705 g/mol. The number of carbonyl (C=O) groups is 2. The zero-order valence-electron chi connectivity index (χ0n) is 32.5. The molecule has 0 aliphatic heterocycles. The maximum Gasteiger partial charge on any atom is 0.407 e. The lowest BCUT2D eigenvalue weighted by molar-refractivity contribution is 0.0513. The van der Waals surface area contributed by atoms with Crippen LogP contribution in [0.15, 0.2) is 67.1 Å². The number of carbonyl (C=O) groups excluding carboxylic acids is 2. The molecule has 3 heterocycles.